The average molecular weight is 627 g/mol. The summed E-state index contributed by atoms with van der Waals surface area (Å²) in [5.74, 6) is 1.47. The van der Waals surface area contributed by atoms with Crippen LogP contribution in [0.4, 0.5) is 17.1 Å². The third kappa shape index (κ3) is 3.54. The lowest BCUT2D eigenvalue weighted by atomic mass is 9.82. The molecule has 1 heterocycles. The van der Waals surface area contributed by atoms with E-state index in [9.17, 15) is 0 Å². The Labute approximate surface area is 284 Å². The zero-order chi connectivity index (χ0) is 32.4. The maximum absolute atomic E-state index is 6.88. The molecule has 0 atom stereocenters. The SMILES string of the molecule is CC1(C)c2ccccc2-c2ccc(N(c3ccccc3)c3ccccc3-c3nc4c(o3)-c3cc5cccc6ccc7ccc-4c3c7c65)cc21. The minimum atomic E-state index is -0.108. The Kier molecular flexibility index (Phi) is 5.18. The van der Waals surface area contributed by atoms with Crippen molar-refractivity contribution in [2.75, 3.05) is 4.90 Å². The highest BCUT2D eigenvalue weighted by molar-refractivity contribution is 6.31. The molecule has 230 valence electrons. The van der Waals surface area contributed by atoms with Crippen molar-refractivity contribution in [3.63, 3.8) is 0 Å². The molecule has 0 amide bonds. The number of rotatable bonds is 4. The highest BCUT2D eigenvalue weighted by Gasteiger charge is 2.36. The lowest BCUT2D eigenvalue weighted by molar-refractivity contribution is 0.590. The summed E-state index contributed by atoms with van der Waals surface area (Å²) in [6, 6.07) is 52.6. The van der Waals surface area contributed by atoms with E-state index in [0.29, 0.717) is 5.89 Å². The van der Waals surface area contributed by atoms with E-state index in [0.717, 1.165) is 45.2 Å². The van der Waals surface area contributed by atoms with Crippen molar-refractivity contribution in [1.82, 2.24) is 4.98 Å². The maximum Gasteiger partial charge on any atom is 0.229 e. The monoisotopic (exact) mass is 626 g/mol. The molecule has 0 unspecified atom stereocenters. The molecule has 0 fully saturated rings. The van der Waals surface area contributed by atoms with Crippen molar-refractivity contribution in [1.29, 1.82) is 0 Å². The first kappa shape index (κ1) is 26.8. The molecule has 0 saturated carbocycles. The Balaban J connectivity index is 1.10. The normalized spacial score (nSPS) is 13.7. The van der Waals surface area contributed by atoms with Gasteiger partial charge in [-0.2, -0.15) is 0 Å². The van der Waals surface area contributed by atoms with Crippen LogP contribution in [0.1, 0.15) is 25.0 Å². The van der Waals surface area contributed by atoms with E-state index in [1.807, 2.05) is 0 Å². The first-order valence-corrected chi connectivity index (χ1v) is 17.0. The van der Waals surface area contributed by atoms with E-state index in [-0.39, 0.29) is 5.41 Å². The summed E-state index contributed by atoms with van der Waals surface area (Å²) in [5.41, 5.74) is 12.6. The van der Waals surface area contributed by atoms with Crippen LogP contribution in [0.25, 0.3) is 77.5 Å². The second-order valence-corrected chi connectivity index (χ2v) is 13.9. The van der Waals surface area contributed by atoms with Gasteiger partial charge in [-0.25, -0.2) is 4.98 Å². The molecule has 0 saturated heterocycles. The minimum absolute atomic E-state index is 0.108. The number of hydrogen-bond acceptors (Lipinski definition) is 3. The fraction of sp³-hybridized carbons (Fsp3) is 0.0652. The topological polar surface area (TPSA) is 29.3 Å². The van der Waals surface area contributed by atoms with Gasteiger partial charge in [-0.15, -0.1) is 0 Å². The van der Waals surface area contributed by atoms with Crippen LogP contribution in [-0.2, 0) is 5.41 Å². The minimum Gasteiger partial charge on any atom is -0.435 e. The van der Waals surface area contributed by atoms with E-state index >= 15 is 0 Å². The Morgan fingerprint density at radius 1 is 0.490 bits per heavy atom. The molecule has 0 spiro atoms. The molecule has 0 radical (unpaired) electrons. The molecule has 0 aliphatic heterocycles. The van der Waals surface area contributed by atoms with Gasteiger partial charge in [-0.05, 0) is 91.6 Å². The second kappa shape index (κ2) is 9.46. The summed E-state index contributed by atoms with van der Waals surface area (Å²) < 4.78 is 6.88. The fourth-order valence-electron chi connectivity index (χ4n) is 8.71. The molecule has 0 bridgehead atoms. The van der Waals surface area contributed by atoms with Crippen LogP contribution < -0.4 is 4.90 Å². The predicted molar refractivity (Wildman–Crippen MR) is 202 cm³/mol. The molecular formula is C46H30N2O. The van der Waals surface area contributed by atoms with Gasteiger partial charge in [0.05, 0.1) is 11.3 Å². The number of aromatic nitrogens is 1. The summed E-state index contributed by atoms with van der Waals surface area (Å²) in [6.45, 7) is 4.67. The molecule has 49 heavy (non-hydrogen) atoms. The third-order valence-corrected chi connectivity index (χ3v) is 11.0. The predicted octanol–water partition coefficient (Wildman–Crippen LogP) is 12.7. The zero-order valence-corrected chi connectivity index (χ0v) is 27.2. The van der Waals surface area contributed by atoms with Crippen molar-refractivity contribution in [3.05, 3.63) is 157 Å². The summed E-state index contributed by atoms with van der Waals surface area (Å²) in [6.07, 6.45) is 0. The van der Waals surface area contributed by atoms with Gasteiger partial charge in [0, 0.05) is 33.3 Å². The van der Waals surface area contributed by atoms with Crippen molar-refractivity contribution >= 4 is 49.4 Å². The fourth-order valence-corrected chi connectivity index (χ4v) is 8.71. The van der Waals surface area contributed by atoms with Crippen LogP contribution in [0.2, 0.25) is 0 Å². The largest absolute Gasteiger partial charge is 0.435 e. The van der Waals surface area contributed by atoms with Crippen LogP contribution in [-0.4, -0.2) is 4.98 Å². The average Bonchev–Trinajstić information content (AvgIpc) is 3.78. The van der Waals surface area contributed by atoms with Gasteiger partial charge < -0.3 is 9.32 Å². The first-order valence-electron chi connectivity index (χ1n) is 17.0. The van der Waals surface area contributed by atoms with E-state index < -0.39 is 0 Å². The number of benzene rings is 8. The lowest BCUT2D eigenvalue weighted by Crippen LogP contribution is -2.16. The van der Waals surface area contributed by atoms with Crippen LogP contribution in [0.3, 0.4) is 0 Å². The van der Waals surface area contributed by atoms with Gasteiger partial charge in [-0.1, -0.05) is 117 Å². The number of nitrogens with zero attached hydrogens (tertiary/aromatic N) is 2. The quantitative estimate of drug-likeness (QED) is 0.182. The highest BCUT2D eigenvalue weighted by atomic mass is 16.4. The molecule has 3 nitrogen and oxygen atoms in total. The number of oxazole rings is 1. The van der Waals surface area contributed by atoms with Crippen LogP contribution >= 0.6 is 0 Å². The lowest BCUT2D eigenvalue weighted by Gasteiger charge is -2.29. The van der Waals surface area contributed by atoms with Gasteiger partial charge in [0.2, 0.25) is 5.89 Å². The zero-order valence-electron chi connectivity index (χ0n) is 27.2. The number of fused-ring (bicyclic) bond motifs is 6. The van der Waals surface area contributed by atoms with Gasteiger partial charge in [0.25, 0.3) is 0 Å². The smallest absolute Gasteiger partial charge is 0.229 e. The standard InChI is InChI=1S/C46H30N2O/c1-46(2)37-17-8-6-15-32(37)33-24-22-31(26-38(33)46)48(30-13-4-3-5-14-30)39-18-9-7-16-34(39)45-47-43-35-23-21-28-20-19-27-11-10-12-29-25-36(44(43)49-45)42(35)41(28)40(27)29/h3-26H,1-2H3. The second-order valence-electron chi connectivity index (χ2n) is 13.9. The van der Waals surface area contributed by atoms with E-state index in [4.69, 9.17) is 9.40 Å². The molecule has 8 aromatic carbocycles. The molecule has 2 aliphatic rings. The van der Waals surface area contributed by atoms with E-state index in [2.05, 4.69) is 164 Å². The Morgan fingerprint density at radius 3 is 2.06 bits per heavy atom. The van der Waals surface area contributed by atoms with Crippen LogP contribution in [0, 0.1) is 0 Å². The summed E-state index contributed by atoms with van der Waals surface area (Å²) >= 11 is 0. The molecule has 9 aromatic rings. The molecular weight excluding hydrogens is 597 g/mol. The highest BCUT2D eigenvalue weighted by Crippen LogP contribution is 2.54. The Bertz CT molecular complexity index is 2810. The van der Waals surface area contributed by atoms with Crippen molar-refractivity contribution in [2.45, 2.75) is 19.3 Å². The van der Waals surface area contributed by atoms with Gasteiger partial charge >= 0.3 is 0 Å². The van der Waals surface area contributed by atoms with Crippen molar-refractivity contribution < 1.29 is 4.42 Å². The molecule has 3 heteroatoms. The molecule has 1 aromatic heterocycles. The summed E-state index contributed by atoms with van der Waals surface area (Å²) in [5, 5.41) is 7.60. The van der Waals surface area contributed by atoms with Gasteiger partial charge in [0.1, 0.15) is 5.69 Å². The number of anilines is 3. The third-order valence-electron chi connectivity index (χ3n) is 11.0. The maximum atomic E-state index is 6.88. The Hall–Kier alpha value is -6.19. The molecule has 11 rings (SSSR count). The van der Waals surface area contributed by atoms with Crippen LogP contribution in [0.5, 0.6) is 0 Å². The number of hydrogen-bond donors (Lipinski definition) is 0. The van der Waals surface area contributed by atoms with Crippen molar-refractivity contribution in [3.8, 4) is 45.2 Å². The van der Waals surface area contributed by atoms with Gasteiger partial charge in [0.15, 0.2) is 5.76 Å². The van der Waals surface area contributed by atoms with Crippen molar-refractivity contribution in [2.24, 2.45) is 0 Å². The summed E-state index contributed by atoms with van der Waals surface area (Å²) in [4.78, 5) is 7.63. The molecule has 2 aliphatic carbocycles. The first-order chi connectivity index (χ1) is 24.1. The van der Waals surface area contributed by atoms with Crippen LogP contribution in [0.15, 0.2) is 150 Å². The van der Waals surface area contributed by atoms with E-state index in [1.165, 1.54) is 54.6 Å². The Morgan fingerprint density at radius 2 is 1.18 bits per heavy atom. The summed E-state index contributed by atoms with van der Waals surface area (Å²) in [7, 11) is 0. The molecule has 0 N–H and O–H groups in total. The van der Waals surface area contributed by atoms with E-state index in [1.54, 1.807) is 0 Å². The van der Waals surface area contributed by atoms with Gasteiger partial charge in [-0.3, -0.25) is 0 Å². The number of para-hydroxylation sites is 2.